The average Bonchev–Trinajstić information content (AvgIpc) is 3.17. The van der Waals surface area contributed by atoms with Crippen LogP contribution in [-0.4, -0.2) is 30.1 Å². The monoisotopic (exact) mass is 391 g/mol. The van der Waals surface area contributed by atoms with Crippen LogP contribution in [0.5, 0.6) is 11.5 Å². The normalized spacial score (nSPS) is 10.6. The fourth-order valence-electron chi connectivity index (χ4n) is 2.81. The second-order valence-electron chi connectivity index (χ2n) is 5.97. The molecule has 2 aromatic carbocycles. The Morgan fingerprint density at radius 1 is 1.04 bits per heavy atom. The molecule has 1 N–H and O–H groups in total. The van der Waals surface area contributed by atoms with E-state index in [0.717, 1.165) is 20.8 Å². The van der Waals surface area contributed by atoms with Gasteiger partial charge in [0.1, 0.15) is 5.01 Å². The zero-order chi connectivity index (χ0) is 19.5. The van der Waals surface area contributed by atoms with E-state index >= 15 is 0 Å². The van der Waals surface area contributed by atoms with Crippen LogP contribution in [0.2, 0.25) is 0 Å². The molecule has 0 aliphatic rings. The highest BCUT2D eigenvalue weighted by Crippen LogP contribution is 2.31. The number of rotatable bonds is 5. The molecule has 0 aliphatic heterocycles. The number of fused-ring (bicyclic) bond motifs is 1. The molecule has 0 atom stereocenters. The van der Waals surface area contributed by atoms with Crippen LogP contribution in [0.25, 0.3) is 20.8 Å². The summed E-state index contributed by atoms with van der Waals surface area (Å²) in [6.45, 7) is 0. The number of hydrogen-bond donors (Lipinski definition) is 1. The number of anilines is 1. The summed E-state index contributed by atoms with van der Waals surface area (Å²) < 4.78 is 11.5. The molecule has 0 fully saturated rings. The number of hydrogen-bond acceptors (Lipinski definition) is 6. The molecule has 7 heteroatoms. The van der Waals surface area contributed by atoms with E-state index in [1.807, 2.05) is 30.3 Å². The first-order chi connectivity index (χ1) is 13.7. The molecule has 2 aromatic heterocycles. The van der Waals surface area contributed by atoms with Gasteiger partial charge in [0, 0.05) is 29.2 Å². The molecule has 0 bridgehead atoms. The van der Waals surface area contributed by atoms with E-state index in [9.17, 15) is 4.79 Å². The predicted octanol–water partition coefficient (Wildman–Crippen LogP) is 4.63. The van der Waals surface area contributed by atoms with Crippen molar-refractivity contribution in [2.75, 3.05) is 19.5 Å². The molecule has 6 nitrogen and oxygen atoms in total. The Kier molecular flexibility index (Phi) is 4.90. The van der Waals surface area contributed by atoms with Gasteiger partial charge in [-0.3, -0.25) is 9.78 Å². The summed E-state index contributed by atoms with van der Waals surface area (Å²) in [6, 6.07) is 14.6. The van der Waals surface area contributed by atoms with Gasteiger partial charge in [0.05, 0.1) is 24.4 Å². The molecule has 2 heterocycles. The van der Waals surface area contributed by atoms with Gasteiger partial charge in [-0.05, 0) is 36.4 Å². The van der Waals surface area contributed by atoms with Gasteiger partial charge in [-0.25, -0.2) is 4.98 Å². The van der Waals surface area contributed by atoms with Crippen LogP contribution < -0.4 is 14.8 Å². The zero-order valence-corrected chi connectivity index (χ0v) is 16.1. The molecular weight excluding hydrogens is 374 g/mol. The maximum Gasteiger partial charge on any atom is 0.255 e. The van der Waals surface area contributed by atoms with Gasteiger partial charge in [-0.2, -0.15) is 0 Å². The molecule has 0 spiro atoms. The van der Waals surface area contributed by atoms with Crippen LogP contribution in [0.15, 0.2) is 60.9 Å². The molecule has 0 saturated carbocycles. The first kappa shape index (κ1) is 17.9. The highest BCUT2D eigenvalue weighted by molar-refractivity contribution is 7.21. The van der Waals surface area contributed by atoms with E-state index < -0.39 is 0 Å². The van der Waals surface area contributed by atoms with Crippen molar-refractivity contribution >= 4 is 33.1 Å². The minimum absolute atomic E-state index is 0.230. The summed E-state index contributed by atoms with van der Waals surface area (Å²) >= 11 is 1.57. The smallest absolute Gasteiger partial charge is 0.255 e. The number of benzene rings is 2. The van der Waals surface area contributed by atoms with Gasteiger partial charge in [0.2, 0.25) is 0 Å². The number of methoxy groups -OCH3 is 2. The van der Waals surface area contributed by atoms with Crippen LogP contribution in [-0.2, 0) is 0 Å². The van der Waals surface area contributed by atoms with Crippen LogP contribution >= 0.6 is 11.3 Å². The van der Waals surface area contributed by atoms with Gasteiger partial charge in [-0.1, -0.05) is 12.1 Å². The summed E-state index contributed by atoms with van der Waals surface area (Å²) in [7, 11) is 3.09. The quantitative estimate of drug-likeness (QED) is 0.537. The average molecular weight is 391 g/mol. The van der Waals surface area contributed by atoms with Crippen LogP contribution in [0, 0.1) is 0 Å². The SMILES string of the molecule is COc1ccc(C(=O)Nc2cccc(-c3nc4ccncc4s3)c2)cc1OC. The largest absolute Gasteiger partial charge is 0.493 e. The van der Waals surface area contributed by atoms with Crippen molar-refractivity contribution in [3.05, 3.63) is 66.5 Å². The van der Waals surface area contributed by atoms with Crippen molar-refractivity contribution in [1.29, 1.82) is 0 Å². The number of carbonyl (C=O) groups is 1. The number of amides is 1. The number of carbonyl (C=O) groups excluding carboxylic acids is 1. The second-order valence-corrected chi connectivity index (χ2v) is 7.00. The third-order valence-electron chi connectivity index (χ3n) is 4.20. The predicted molar refractivity (Wildman–Crippen MR) is 110 cm³/mol. The molecule has 0 saturated heterocycles. The van der Waals surface area contributed by atoms with Crippen molar-refractivity contribution < 1.29 is 14.3 Å². The summed E-state index contributed by atoms with van der Waals surface area (Å²) in [5.41, 5.74) is 3.02. The Labute approximate surface area is 165 Å². The Hall–Kier alpha value is -3.45. The highest BCUT2D eigenvalue weighted by atomic mass is 32.1. The minimum atomic E-state index is -0.230. The Balaban J connectivity index is 1.59. The van der Waals surface area contributed by atoms with E-state index in [4.69, 9.17) is 9.47 Å². The van der Waals surface area contributed by atoms with Gasteiger partial charge in [0.25, 0.3) is 5.91 Å². The van der Waals surface area contributed by atoms with Gasteiger partial charge in [0.15, 0.2) is 11.5 Å². The topological polar surface area (TPSA) is 73.3 Å². The van der Waals surface area contributed by atoms with Crippen LogP contribution in [0.4, 0.5) is 5.69 Å². The second kappa shape index (κ2) is 7.66. The fraction of sp³-hybridized carbons (Fsp3) is 0.0952. The van der Waals surface area contributed by atoms with E-state index in [2.05, 4.69) is 15.3 Å². The first-order valence-corrected chi connectivity index (χ1v) is 9.34. The number of nitrogens with one attached hydrogen (secondary N) is 1. The van der Waals surface area contributed by atoms with Crippen molar-refractivity contribution in [2.24, 2.45) is 0 Å². The Bertz CT molecular complexity index is 1120. The molecule has 4 aromatic rings. The van der Waals surface area contributed by atoms with Gasteiger partial charge < -0.3 is 14.8 Å². The number of pyridine rings is 1. The fourth-order valence-corrected chi connectivity index (χ4v) is 3.74. The zero-order valence-electron chi connectivity index (χ0n) is 15.3. The maximum absolute atomic E-state index is 12.6. The molecular formula is C21H17N3O3S. The molecule has 1 amide bonds. The number of nitrogens with zero attached hydrogens (tertiary/aromatic N) is 2. The number of aromatic nitrogens is 2. The Morgan fingerprint density at radius 3 is 2.68 bits per heavy atom. The van der Waals surface area contributed by atoms with E-state index in [0.29, 0.717) is 22.7 Å². The van der Waals surface area contributed by atoms with Crippen molar-refractivity contribution in [2.45, 2.75) is 0 Å². The molecule has 4 rings (SSSR count). The van der Waals surface area contributed by atoms with Crippen LogP contribution in [0.1, 0.15) is 10.4 Å². The van der Waals surface area contributed by atoms with Gasteiger partial charge in [-0.15, -0.1) is 11.3 Å². The third kappa shape index (κ3) is 3.52. The summed E-state index contributed by atoms with van der Waals surface area (Å²) in [5.74, 6) is 0.852. The van der Waals surface area contributed by atoms with E-state index in [1.165, 1.54) is 7.11 Å². The van der Waals surface area contributed by atoms with E-state index in [-0.39, 0.29) is 5.91 Å². The molecule has 28 heavy (non-hydrogen) atoms. The van der Waals surface area contributed by atoms with Gasteiger partial charge >= 0.3 is 0 Å². The summed E-state index contributed by atoms with van der Waals surface area (Å²) in [4.78, 5) is 21.4. The number of thiazole rings is 1. The molecule has 140 valence electrons. The van der Waals surface area contributed by atoms with Crippen molar-refractivity contribution in [1.82, 2.24) is 9.97 Å². The molecule has 0 radical (unpaired) electrons. The summed E-state index contributed by atoms with van der Waals surface area (Å²) in [6.07, 6.45) is 3.53. The lowest BCUT2D eigenvalue weighted by atomic mass is 10.1. The summed E-state index contributed by atoms with van der Waals surface area (Å²) in [5, 5.41) is 3.80. The molecule has 0 aliphatic carbocycles. The van der Waals surface area contributed by atoms with Crippen molar-refractivity contribution in [3.8, 4) is 22.1 Å². The standard InChI is InChI=1S/C21H17N3O3S/c1-26-17-7-6-13(11-18(17)27-2)20(25)23-15-5-3-4-14(10-15)21-24-16-8-9-22-12-19(16)28-21/h3-12H,1-2H3,(H,23,25). The lowest BCUT2D eigenvalue weighted by molar-refractivity contribution is 0.102. The Morgan fingerprint density at radius 2 is 1.89 bits per heavy atom. The van der Waals surface area contributed by atoms with Crippen molar-refractivity contribution in [3.63, 3.8) is 0 Å². The molecule has 0 unspecified atom stereocenters. The lowest BCUT2D eigenvalue weighted by Gasteiger charge is -2.10. The number of ether oxygens (including phenoxy) is 2. The first-order valence-electron chi connectivity index (χ1n) is 8.52. The lowest BCUT2D eigenvalue weighted by Crippen LogP contribution is -2.12. The minimum Gasteiger partial charge on any atom is -0.493 e. The van der Waals surface area contributed by atoms with Crippen LogP contribution in [0.3, 0.4) is 0 Å². The third-order valence-corrected chi connectivity index (χ3v) is 5.26. The van der Waals surface area contributed by atoms with E-state index in [1.54, 1.807) is 49.0 Å². The maximum atomic E-state index is 12.6. The highest BCUT2D eigenvalue weighted by Gasteiger charge is 2.12.